The Hall–Kier alpha value is -5.23. The average molecular weight is 1120 g/mol. The molecule has 1 atom stereocenters. The molecule has 6 nitrogen and oxygen atoms in total. The van der Waals surface area contributed by atoms with Gasteiger partial charge in [0.05, 0.1) is 0 Å². The third kappa shape index (κ3) is 65.5. The van der Waals surface area contributed by atoms with Crippen molar-refractivity contribution in [2.75, 3.05) is 13.2 Å². The second-order valence-corrected chi connectivity index (χ2v) is 20.9. The van der Waals surface area contributed by atoms with Crippen molar-refractivity contribution in [2.45, 2.75) is 271 Å². The molecule has 0 amide bonds. The summed E-state index contributed by atoms with van der Waals surface area (Å²) in [5.41, 5.74) is 0. The molecule has 6 heteroatoms. The first kappa shape index (κ1) is 75.8. The Morgan fingerprint density at radius 3 is 0.704 bits per heavy atom. The van der Waals surface area contributed by atoms with Crippen molar-refractivity contribution in [3.8, 4) is 0 Å². The van der Waals surface area contributed by atoms with Crippen LogP contribution in [0, 0.1) is 0 Å². The lowest BCUT2D eigenvalue weighted by atomic mass is 10.1. The van der Waals surface area contributed by atoms with Crippen LogP contribution in [0.4, 0.5) is 0 Å². The number of carbonyl (C=O) groups is 3. The number of allylic oxidation sites excluding steroid dienone is 28. The monoisotopic (exact) mass is 1110 g/mol. The Kier molecular flexibility index (Phi) is 62.9. The van der Waals surface area contributed by atoms with Crippen LogP contribution in [-0.2, 0) is 28.6 Å². The van der Waals surface area contributed by atoms with E-state index < -0.39 is 6.10 Å². The summed E-state index contributed by atoms with van der Waals surface area (Å²) in [7, 11) is 0. The molecule has 1 unspecified atom stereocenters. The highest BCUT2D eigenvalue weighted by Crippen LogP contribution is 2.14. The van der Waals surface area contributed by atoms with Gasteiger partial charge in [0.1, 0.15) is 13.2 Å². The van der Waals surface area contributed by atoms with Gasteiger partial charge in [-0.05, 0) is 148 Å². The van der Waals surface area contributed by atoms with Crippen molar-refractivity contribution in [1.82, 2.24) is 0 Å². The summed E-state index contributed by atoms with van der Waals surface area (Å²) in [5, 5.41) is 0. The summed E-state index contributed by atoms with van der Waals surface area (Å²) < 4.78 is 16.9. The van der Waals surface area contributed by atoms with Crippen molar-refractivity contribution in [1.29, 1.82) is 0 Å². The molecular formula is C75H118O6. The third-order valence-corrected chi connectivity index (χ3v) is 13.2. The first-order valence-corrected chi connectivity index (χ1v) is 32.6. The van der Waals surface area contributed by atoms with Crippen molar-refractivity contribution < 1.29 is 28.6 Å². The fourth-order valence-electron chi connectivity index (χ4n) is 8.43. The maximum atomic E-state index is 12.9. The number of esters is 3. The molecule has 0 fully saturated rings. The minimum atomic E-state index is -0.816. The van der Waals surface area contributed by atoms with Gasteiger partial charge in [0, 0.05) is 19.3 Å². The van der Waals surface area contributed by atoms with Crippen LogP contribution < -0.4 is 0 Å². The number of carbonyl (C=O) groups excluding carboxylic acids is 3. The van der Waals surface area contributed by atoms with E-state index in [-0.39, 0.29) is 37.5 Å². The zero-order valence-electron chi connectivity index (χ0n) is 52.0. The van der Waals surface area contributed by atoms with Crippen molar-refractivity contribution in [3.63, 3.8) is 0 Å². The Morgan fingerprint density at radius 1 is 0.247 bits per heavy atom. The molecule has 454 valence electrons. The zero-order chi connectivity index (χ0) is 58.5. The molecule has 0 aromatic carbocycles. The Labute approximate surface area is 498 Å². The zero-order valence-corrected chi connectivity index (χ0v) is 52.0. The van der Waals surface area contributed by atoms with Crippen LogP contribution in [-0.4, -0.2) is 37.2 Å². The predicted octanol–water partition coefficient (Wildman–Crippen LogP) is 22.7. The van der Waals surface area contributed by atoms with Gasteiger partial charge in [-0.15, -0.1) is 0 Å². The van der Waals surface area contributed by atoms with Gasteiger partial charge in [0.25, 0.3) is 0 Å². The van der Waals surface area contributed by atoms with Gasteiger partial charge >= 0.3 is 17.9 Å². The van der Waals surface area contributed by atoms with Gasteiger partial charge < -0.3 is 14.2 Å². The number of hydrogen-bond donors (Lipinski definition) is 0. The van der Waals surface area contributed by atoms with Crippen LogP contribution in [0.5, 0.6) is 0 Å². The van der Waals surface area contributed by atoms with E-state index in [1.807, 2.05) is 0 Å². The fraction of sp³-hybridized carbons (Fsp3) is 0.587. The molecule has 0 aliphatic heterocycles. The van der Waals surface area contributed by atoms with Gasteiger partial charge in [-0.25, -0.2) is 0 Å². The molecule has 0 aliphatic carbocycles. The Morgan fingerprint density at radius 2 is 0.444 bits per heavy atom. The van der Waals surface area contributed by atoms with Crippen LogP contribution in [0.15, 0.2) is 170 Å². The van der Waals surface area contributed by atoms with E-state index >= 15 is 0 Å². The van der Waals surface area contributed by atoms with Gasteiger partial charge in [-0.3, -0.25) is 14.4 Å². The smallest absolute Gasteiger partial charge is 0.306 e. The molecule has 81 heavy (non-hydrogen) atoms. The largest absolute Gasteiger partial charge is 0.462 e. The van der Waals surface area contributed by atoms with Crippen molar-refractivity contribution >= 4 is 17.9 Å². The summed E-state index contributed by atoms with van der Waals surface area (Å²) in [4.78, 5) is 38.4. The fourth-order valence-corrected chi connectivity index (χ4v) is 8.43. The lowest BCUT2D eigenvalue weighted by Gasteiger charge is -2.18. The highest BCUT2D eigenvalue weighted by Gasteiger charge is 2.19. The van der Waals surface area contributed by atoms with Gasteiger partial charge in [-0.1, -0.05) is 268 Å². The van der Waals surface area contributed by atoms with E-state index in [2.05, 4.69) is 191 Å². The van der Waals surface area contributed by atoms with Gasteiger partial charge in [0.15, 0.2) is 6.10 Å². The van der Waals surface area contributed by atoms with Crippen LogP contribution in [0.1, 0.15) is 265 Å². The quantitative estimate of drug-likeness (QED) is 0.0261. The molecule has 0 aliphatic rings. The average Bonchev–Trinajstić information content (AvgIpc) is 3.47. The number of hydrogen-bond acceptors (Lipinski definition) is 6. The van der Waals surface area contributed by atoms with Crippen LogP contribution >= 0.6 is 0 Å². The molecule has 0 rings (SSSR count). The molecular weight excluding hydrogens is 997 g/mol. The van der Waals surface area contributed by atoms with E-state index in [0.29, 0.717) is 19.3 Å². The molecule has 0 radical (unpaired) electrons. The maximum absolute atomic E-state index is 12.9. The normalized spacial score (nSPS) is 13.3. The Bertz CT molecular complexity index is 1860. The first-order valence-electron chi connectivity index (χ1n) is 32.6. The molecule has 0 N–H and O–H groups in total. The molecule has 0 aromatic heterocycles. The highest BCUT2D eigenvalue weighted by atomic mass is 16.6. The molecule has 0 saturated heterocycles. The molecule has 0 spiro atoms. The predicted molar refractivity (Wildman–Crippen MR) is 352 cm³/mol. The number of rotatable bonds is 57. The standard InChI is InChI=1S/C75H118O6/c1-4-7-10-13-16-19-22-25-28-31-34-35-36-37-38-39-42-44-47-50-53-56-59-62-65-68-74(77)80-71-72(81-75(78)69-66-63-60-57-54-51-48-45-41-33-30-27-24-21-18-15-12-9-6-3)70-79-73(76)67-64-61-58-55-52-49-46-43-40-32-29-26-23-20-17-14-11-8-5-2/h7-12,16-21,25-30,34-35,37-38,40-41,43,45,51,54,72H,4-6,13-15,22-24,31-33,36,39,42,44,46-50,52-53,55-71H2,1-3H3/b10-7-,11-8-,12-9-,19-16-,20-17-,21-18-,28-25-,29-26-,30-27-,35-34-,38-37-,43-40-,45-41-,54-51-. The van der Waals surface area contributed by atoms with Crippen LogP contribution in [0.25, 0.3) is 0 Å². The minimum Gasteiger partial charge on any atom is -0.462 e. The molecule has 0 saturated carbocycles. The summed E-state index contributed by atoms with van der Waals surface area (Å²) >= 11 is 0. The summed E-state index contributed by atoms with van der Waals surface area (Å²) in [6, 6.07) is 0. The highest BCUT2D eigenvalue weighted by molar-refractivity contribution is 5.71. The van der Waals surface area contributed by atoms with Crippen LogP contribution in [0.3, 0.4) is 0 Å². The van der Waals surface area contributed by atoms with Crippen molar-refractivity contribution in [3.05, 3.63) is 170 Å². The lowest BCUT2D eigenvalue weighted by Crippen LogP contribution is -2.30. The maximum Gasteiger partial charge on any atom is 0.306 e. The minimum absolute atomic E-state index is 0.107. The Balaban J connectivity index is 4.49. The van der Waals surface area contributed by atoms with E-state index in [1.54, 1.807) is 0 Å². The summed E-state index contributed by atoms with van der Waals surface area (Å²) in [6.07, 6.45) is 99.2. The van der Waals surface area contributed by atoms with Crippen LogP contribution in [0.2, 0.25) is 0 Å². The summed E-state index contributed by atoms with van der Waals surface area (Å²) in [6.45, 7) is 6.26. The topological polar surface area (TPSA) is 78.9 Å². The lowest BCUT2D eigenvalue weighted by molar-refractivity contribution is -0.167. The number of ether oxygens (including phenoxy) is 3. The second-order valence-electron chi connectivity index (χ2n) is 20.9. The van der Waals surface area contributed by atoms with E-state index in [0.717, 1.165) is 167 Å². The summed E-state index contributed by atoms with van der Waals surface area (Å²) in [5.74, 6) is -0.962. The van der Waals surface area contributed by atoms with Gasteiger partial charge in [0.2, 0.25) is 0 Å². The SMILES string of the molecule is CC/C=C\C/C=C\C/C=C\C/C=C\C/C=C\CCCCCCCCCCCC(=O)OCC(COC(=O)CCCCCCCC/C=C\C/C=C\C/C=C\C/C=C\CC)OC(=O)CCCCC/C=C\C/C=C\C/C=C\C/C=C\C/C=C\CC. The molecule has 0 bridgehead atoms. The van der Waals surface area contributed by atoms with E-state index in [1.165, 1.54) is 51.4 Å². The molecule has 0 heterocycles. The first-order chi connectivity index (χ1) is 40.0. The van der Waals surface area contributed by atoms with Crippen molar-refractivity contribution in [2.24, 2.45) is 0 Å². The van der Waals surface area contributed by atoms with Gasteiger partial charge in [-0.2, -0.15) is 0 Å². The van der Waals surface area contributed by atoms with E-state index in [9.17, 15) is 14.4 Å². The molecule has 0 aromatic rings. The van der Waals surface area contributed by atoms with E-state index in [4.69, 9.17) is 14.2 Å². The third-order valence-electron chi connectivity index (χ3n) is 13.2. The number of unbranched alkanes of at least 4 members (excludes halogenated alkanes) is 18. The second kappa shape index (κ2) is 67.3.